The molecule has 0 saturated carbocycles. The summed E-state index contributed by atoms with van der Waals surface area (Å²) in [6.45, 7) is 4.77. The predicted molar refractivity (Wildman–Crippen MR) is 167 cm³/mol. The fraction of sp³-hybridized carbons (Fsp3) is 0.364. The average molecular weight is 580 g/mol. The molecule has 1 unspecified atom stereocenters. The van der Waals surface area contributed by atoms with Gasteiger partial charge in [0.15, 0.2) is 0 Å². The van der Waals surface area contributed by atoms with Crippen molar-refractivity contribution >= 4 is 17.3 Å². The first kappa shape index (κ1) is 27.4. The summed E-state index contributed by atoms with van der Waals surface area (Å²) in [6.07, 6.45) is 8.26. The third kappa shape index (κ3) is 5.93. The molecule has 1 atom stereocenters. The van der Waals surface area contributed by atoms with Gasteiger partial charge in [-0.05, 0) is 48.7 Å². The lowest BCUT2D eigenvalue weighted by Gasteiger charge is -2.35. The van der Waals surface area contributed by atoms with E-state index in [2.05, 4.69) is 71.8 Å². The Morgan fingerprint density at radius 1 is 1.02 bits per heavy atom. The number of likely N-dealkylation sites (tertiary alicyclic amines) is 1. The highest BCUT2D eigenvalue weighted by molar-refractivity contribution is 5.59. The molecule has 0 radical (unpaired) electrons. The first-order chi connectivity index (χ1) is 21.1. The van der Waals surface area contributed by atoms with Crippen molar-refractivity contribution in [3.05, 3.63) is 99.7 Å². The van der Waals surface area contributed by atoms with Crippen LogP contribution in [0.3, 0.4) is 0 Å². The van der Waals surface area contributed by atoms with Crippen LogP contribution in [0.4, 0.5) is 17.3 Å². The maximum Gasteiger partial charge on any atom is 0.271 e. The number of rotatable bonds is 7. The third-order valence-corrected chi connectivity index (χ3v) is 8.63. The molecular weight excluding hydrogens is 542 g/mol. The van der Waals surface area contributed by atoms with Crippen LogP contribution in [-0.2, 0) is 17.7 Å². The fourth-order valence-corrected chi connectivity index (χ4v) is 6.36. The number of aromatic nitrogens is 3. The number of piperidine rings is 1. The monoisotopic (exact) mass is 579 g/mol. The molecule has 2 saturated heterocycles. The van der Waals surface area contributed by atoms with Gasteiger partial charge < -0.3 is 30.0 Å². The van der Waals surface area contributed by atoms with Gasteiger partial charge in [0, 0.05) is 93.2 Å². The SMILES string of the molecule is CNc1ncc(CN2CCC(Nc3ccc4c(c3)Cc3cccc(C5CN(c6ccc[nH]c6=O)CCO5)c3O4)CC2)cn1. The second kappa shape index (κ2) is 12.1. The zero-order valence-corrected chi connectivity index (χ0v) is 24.4. The van der Waals surface area contributed by atoms with Gasteiger partial charge in [-0.2, -0.15) is 0 Å². The zero-order chi connectivity index (χ0) is 29.2. The van der Waals surface area contributed by atoms with E-state index in [1.54, 1.807) is 6.20 Å². The Hall–Kier alpha value is -4.41. The molecule has 43 heavy (non-hydrogen) atoms. The number of nitrogens with one attached hydrogen (secondary N) is 3. The second-order valence-corrected chi connectivity index (χ2v) is 11.5. The Bertz CT molecular complexity index is 1630. The van der Waals surface area contributed by atoms with Gasteiger partial charge in [0.1, 0.15) is 23.3 Å². The Morgan fingerprint density at radius 3 is 2.70 bits per heavy atom. The zero-order valence-electron chi connectivity index (χ0n) is 24.4. The molecule has 3 aliphatic rings. The first-order valence-corrected chi connectivity index (χ1v) is 15.1. The van der Waals surface area contributed by atoms with E-state index in [-0.39, 0.29) is 11.7 Å². The van der Waals surface area contributed by atoms with Crippen molar-refractivity contribution in [2.24, 2.45) is 0 Å². The molecule has 3 aliphatic heterocycles. The Morgan fingerprint density at radius 2 is 1.88 bits per heavy atom. The first-order valence-electron chi connectivity index (χ1n) is 15.1. The summed E-state index contributed by atoms with van der Waals surface area (Å²) in [5.74, 6) is 2.42. The maximum atomic E-state index is 12.4. The van der Waals surface area contributed by atoms with Gasteiger partial charge in [-0.15, -0.1) is 0 Å². The molecule has 0 amide bonds. The number of aromatic amines is 1. The molecule has 0 aliphatic carbocycles. The van der Waals surface area contributed by atoms with Crippen LogP contribution in [0.2, 0.25) is 0 Å². The summed E-state index contributed by atoms with van der Waals surface area (Å²) < 4.78 is 12.7. The average Bonchev–Trinajstić information content (AvgIpc) is 3.05. The highest BCUT2D eigenvalue weighted by Crippen LogP contribution is 2.43. The number of hydrogen-bond donors (Lipinski definition) is 3. The number of benzene rings is 2. The minimum atomic E-state index is -0.183. The smallest absolute Gasteiger partial charge is 0.271 e. The van der Waals surface area contributed by atoms with Crippen LogP contribution >= 0.6 is 0 Å². The molecule has 2 aromatic heterocycles. The Labute approximate surface area is 251 Å². The molecule has 2 fully saturated rings. The van der Waals surface area contributed by atoms with Gasteiger partial charge in [-0.1, -0.05) is 18.2 Å². The third-order valence-electron chi connectivity index (χ3n) is 8.63. The molecular formula is C33H37N7O3. The number of fused-ring (bicyclic) bond motifs is 2. The van der Waals surface area contributed by atoms with Gasteiger partial charge in [-0.25, -0.2) is 9.97 Å². The number of nitrogens with zero attached hydrogens (tertiary/aromatic N) is 4. The lowest BCUT2D eigenvalue weighted by Crippen LogP contribution is -2.41. The van der Waals surface area contributed by atoms with Crippen molar-refractivity contribution in [1.29, 1.82) is 0 Å². The second-order valence-electron chi connectivity index (χ2n) is 11.5. The summed E-state index contributed by atoms with van der Waals surface area (Å²) >= 11 is 0. The molecule has 222 valence electrons. The minimum absolute atomic E-state index is 0.0795. The summed E-state index contributed by atoms with van der Waals surface area (Å²) in [7, 11) is 1.83. The number of pyridine rings is 1. The summed E-state index contributed by atoms with van der Waals surface area (Å²) in [4.78, 5) is 28.4. The van der Waals surface area contributed by atoms with Crippen molar-refractivity contribution < 1.29 is 9.47 Å². The van der Waals surface area contributed by atoms with Crippen LogP contribution in [-0.4, -0.2) is 65.7 Å². The molecule has 5 heterocycles. The summed E-state index contributed by atoms with van der Waals surface area (Å²) in [6, 6.07) is 16.9. The Kier molecular flexibility index (Phi) is 7.69. The number of hydrogen-bond acceptors (Lipinski definition) is 9. The van der Waals surface area contributed by atoms with Crippen LogP contribution in [0.15, 0.2) is 71.9 Å². The number of anilines is 3. The molecule has 0 bridgehead atoms. The van der Waals surface area contributed by atoms with E-state index in [9.17, 15) is 4.79 Å². The number of ether oxygens (including phenoxy) is 2. The lowest BCUT2D eigenvalue weighted by atomic mass is 9.95. The van der Waals surface area contributed by atoms with Crippen LogP contribution in [0, 0.1) is 0 Å². The highest BCUT2D eigenvalue weighted by Gasteiger charge is 2.29. The summed E-state index contributed by atoms with van der Waals surface area (Å²) in [5, 5.41) is 6.74. The van der Waals surface area contributed by atoms with Crippen molar-refractivity contribution in [2.75, 3.05) is 55.4 Å². The van der Waals surface area contributed by atoms with Crippen molar-refractivity contribution in [3.63, 3.8) is 0 Å². The van der Waals surface area contributed by atoms with Gasteiger partial charge in [0.25, 0.3) is 5.56 Å². The van der Waals surface area contributed by atoms with E-state index >= 15 is 0 Å². The molecule has 2 aromatic carbocycles. The van der Waals surface area contributed by atoms with Gasteiger partial charge in [0.2, 0.25) is 5.95 Å². The standard InChI is InChI=1S/C33H37N7O3/c1-34-33-36-18-22(19-37-33)20-39-12-9-25(10-13-39)38-26-7-8-29-24(17-26)16-23-4-2-5-27(31(23)43-29)30-21-40(14-15-42-30)28-6-3-11-35-32(28)41/h2-8,11,17-19,25,30,38H,9-10,12-16,20-21H2,1H3,(H,35,41)(H,34,36,37). The number of morpholine rings is 1. The van der Waals surface area contributed by atoms with Crippen molar-refractivity contribution in [3.8, 4) is 11.5 Å². The predicted octanol–water partition coefficient (Wildman–Crippen LogP) is 4.56. The molecule has 0 spiro atoms. The van der Waals surface area contributed by atoms with Gasteiger partial charge in [0.05, 0.1) is 6.61 Å². The van der Waals surface area contributed by atoms with Crippen molar-refractivity contribution in [2.45, 2.75) is 38.0 Å². The number of H-pyrrole nitrogens is 1. The van der Waals surface area contributed by atoms with E-state index in [4.69, 9.17) is 9.47 Å². The van der Waals surface area contributed by atoms with Crippen LogP contribution in [0.1, 0.15) is 41.2 Å². The largest absolute Gasteiger partial charge is 0.456 e. The molecule has 7 rings (SSSR count). The normalized spacial score (nSPS) is 18.8. The van der Waals surface area contributed by atoms with Gasteiger partial charge in [-0.3, -0.25) is 9.69 Å². The van der Waals surface area contributed by atoms with E-state index in [0.29, 0.717) is 37.4 Å². The molecule has 10 heteroatoms. The van der Waals surface area contributed by atoms with Crippen LogP contribution in [0.5, 0.6) is 11.5 Å². The van der Waals surface area contributed by atoms with Gasteiger partial charge >= 0.3 is 0 Å². The van der Waals surface area contributed by atoms with E-state index in [1.165, 1.54) is 5.56 Å². The molecule has 4 aromatic rings. The van der Waals surface area contributed by atoms with E-state index in [1.807, 2.05) is 31.6 Å². The molecule has 3 N–H and O–H groups in total. The molecule has 10 nitrogen and oxygen atoms in total. The van der Waals surface area contributed by atoms with Crippen LogP contribution in [0.25, 0.3) is 0 Å². The van der Waals surface area contributed by atoms with Crippen molar-refractivity contribution in [1.82, 2.24) is 19.9 Å². The highest BCUT2D eigenvalue weighted by atomic mass is 16.5. The lowest BCUT2D eigenvalue weighted by molar-refractivity contribution is 0.0383. The summed E-state index contributed by atoms with van der Waals surface area (Å²) in [5.41, 5.74) is 6.23. The number of para-hydroxylation sites is 1. The topological polar surface area (TPSA) is 108 Å². The van der Waals surface area contributed by atoms with E-state index < -0.39 is 0 Å². The minimum Gasteiger partial charge on any atom is -0.456 e. The Balaban J connectivity index is 0.988. The maximum absolute atomic E-state index is 12.4. The van der Waals surface area contributed by atoms with E-state index in [0.717, 1.165) is 72.8 Å². The quantitative estimate of drug-likeness (QED) is 0.256. The fourth-order valence-electron chi connectivity index (χ4n) is 6.36. The van der Waals surface area contributed by atoms with Crippen LogP contribution < -0.4 is 25.8 Å².